The average Bonchev–Trinajstić information content (AvgIpc) is 2.46. The van der Waals surface area contributed by atoms with Crippen LogP contribution in [-0.2, 0) is 19.1 Å². The van der Waals surface area contributed by atoms with Crippen LogP contribution in [0.3, 0.4) is 0 Å². The minimum atomic E-state index is -1.45. The Bertz CT molecular complexity index is 640. The molecule has 0 bridgehead atoms. The number of carbonyl (C=O) groups is 3. The first-order chi connectivity index (χ1) is 10.8. The van der Waals surface area contributed by atoms with Gasteiger partial charge >= 0.3 is 17.9 Å². The third-order valence-electron chi connectivity index (χ3n) is 3.01. The van der Waals surface area contributed by atoms with Crippen LogP contribution in [0.15, 0.2) is 18.2 Å². The number of aliphatic carboxylic acids is 1. The molecule has 0 spiro atoms. The van der Waals surface area contributed by atoms with E-state index in [1.54, 1.807) is 6.92 Å². The maximum absolute atomic E-state index is 12.1. The first kappa shape index (κ1) is 18.1. The van der Waals surface area contributed by atoms with E-state index in [0.29, 0.717) is 0 Å². The highest BCUT2D eigenvalue weighted by Gasteiger charge is 2.32. The summed E-state index contributed by atoms with van der Waals surface area (Å²) in [6.07, 6.45) is -0.878. The maximum Gasteiger partial charge on any atom is 0.324 e. The van der Waals surface area contributed by atoms with Crippen molar-refractivity contribution in [1.82, 2.24) is 0 Å². The summed E-state index contributed by atoms with van der Waals surface area (Å²) in [5, 5.41) is 19.6. The Kier molecular flexibility index (Phi) is 6.19. The average molecular weight is 325 g/mol. The van der Waals surface area contributed by atoms with Crippen molar-refractivity contribution in [3.63, 3.8) is 0 Å². The van der Waals surface area contributed by atoms with Gasteiger partial charge in [-0.3, -0.25) is 24.5 Å². The Morgan fingerprint density at radius 1 is 1.35 bits per heavy atom. The summed E-state index contributed by atoms with van der Waals surface area (Å²) in [6.45, 7) is 1.57. The number of rotatable bonds is 7. The smallest absolute Gasteiger partial charge is 0.324 e. The summed E-state index contributed by atoms with van der Waals surface area (Å²) in [6, 6.07) is 4.04. The van der Waals surface area contributed by atoms with E-state index in [0.717, 1.165) is 0 Å². The number of carboxylic acids is 1. The molecule has 0 aliphatic rings. The van der Waals surface area contributed by atoms with E-state index < -0.39 is 35.2 Å². The minimum Gasteiger partial charge on any atom is -0.496 e. The van der Waals surface area contributed by atoms with Crippen LogP contribution >= 0.6 is 0 Å². The molecular weight excluding hydrogens is 310 g/mol. The molecule has 1 N–H and O–H groups in total. The van der Waals surface area contributed by atoms with Crippen LogP contribution in [0.25, 0.3) is 0 Å². The molecule has 0 aliphatic carbocycles. The highest BCUT2D eigenvalue weighted by atomic mass is 16.6. The molecule has 1 atom stereocenters. The number of benzene rings is 1. The number of hydrogen-bond acceptors (Lipinski definition) is 7. The van der Waals surface area contributed by atoms with E-state index >= 15 is 0 Å². The number of nitro groups is 1. The molecule has 0 aliphatic heterocycles. The van der Waals surface area contributed by atoms with Crippen molar-refractivity contribution in [2.24, 2.45) is 0 Å². The topological polar surface area (TPSA) is 133 Å². The van der Waals surface area contributed by atoms with E-state index in [1.807, 2.05) is 0 Å². The van der Waals surface area contributed by atoms with Crippen LogP contribution in [0.4, 0.5) is 5.69 Å². The third kappa shape index (κ3) is 4.50. The lowest BCUT2D eigenvalue weighted by Gasteiger charge is -2.16. The molecule has 0 amide bonds. The van der Waals surface area contributed by atoms with Gasteiger partial charge in [-0.2, -0.15) is 0 Å². The molecule has 1 rings (SSSR count). The Hall–Kier alpha value is -2.97. The summed E-state index contributed by atoms with van der Waals surface area (Å²) in [7, 11) is 1.29. The SMILES string of the molecule is CCC(C(=O)OC(=O)CC(=O)O)c1c(OC)cccc1[N+](=O)[O-]. The zero-order valence-electron chi connectivity index (χ0n) is 12.5. The summed E-state index contributed by atoms with van der Waals surface area (Å²) >= 11 is 0. The first-order valence-corrected chi connectivity index (χ1v) is 6.59. The fourth-order valence-electron chi connectivity index (χ4n) is 2.05. The molecule has 1 unspecified atom stereocenters. The zero-order chi connectivity index (χ0) is 17.6. The molecule has 1 aromatic carbocycles. The Morgan fingerprint density at radius 3 is 2.48 bits per heavy atom. The highest BCUT2D eigenvalue weighted by molar-refractivity contribution is 5.97. The molecular formula is C14H15NO8. The molecule has 0 radical (unpaired) electrons. The molecule has 9 nitrogen and oxygen atoms in total. The standard InChI is InChI=1S/C14H15NO8/c1-3-8(14(19)23-12(18)7-11(16)17)13-9(15(20)21)5-4-6-10(13)22-2/h4-6,8H,3,7H2,1-2H3,(H,16,17). The molecule has 1 aromatic rings. The van der Waals surface area contributed by atoms with Crippen LogP contribution in [-0.4, -0.2) is 35.0 Å². The summed E-state index contributed by atoms with van der Waals surface area (Å²) < 4.78 is 9.51. The number of esters is 2. The van der Waals surface area contributed by atoms with Crippen LogP contribution < -0.4 is 4.74 Å². The van der Waals surface area contributed by atoms with Gasteiger partial charge in [0.15, 0.2) is 0 Å². The van der Waals surface area contributed by atoms with Crippen molar-refractivity contribution in [2.75, 3.05) is 7.11 Å². The number of nitrogens with zero attached hydrogens (tertiary/aromatic N) is 1. The Balaban J connectivity index is 3.19. The lowest BCUT2D eigenvalue weighted by atomic mass is 9.94. The van der Waals surface area contributed by atoms with E-state index in [-0.39, 0.29) is 23.4 Å². The van der Waals surface area contributed by atoms with Gasteiger partial charge in [0, 0.05) is 6.07 Å². The minimum absolute atomic E-state index is 0.0179. The fourth-order valence-corrected chi connectivity index (χ4v) is 2.05. The van der Waals surface area contributed by atoms with E-state index in [4.69, 9.17) is 9.84 Å². The maximum atomic E-state index is 12.1. The van der Waals surface area contributed by atoms with Gasteiger partial charge < -0.3 is 14.6 Å². The van der Waals surface area contributed by atoms with Crippen molar-refractivity contribution in [3.8, 4) is 5.75 Å². The second-order valence-corrected chi connectivity index (χ2v) is 4.47. The van der Waals surface area contributed by atoms with Crippen molar-refractivity contribution in [2.45, 2.75) is 25.7 Å². The Labute approximate surface area is 131 Å². The number of ether oxygens (including phenoxy) is 2. The number of nitro benzene ring substituents is 1. The Morgan fingerprint density at radius 2 is 2.00 bits per heavy atom. The molecule has 0 aromatic heterocycles. The second-order valence-electron chi connectivity index (χ2n) is 4.47. The molecule has 0 saturated carbocycles. The quantitative estimate of drug-likeness (QED) is 0.346. The second kappa shape index (κ2) is 7.87. The summed E-state index contributed by atoms with van der Waals surface area (Å²) in [5.74, 6) is -4.78. The zero-order valence-corrected chi connectivity index (χ0v) is 12.5. The van der Waals surface area contributed by atoms with Gasteiger partial charge in [-0.05, 0) is 12.5 Å². The van der Waals surface area contributed by atoms with Crippen molar-refractivity contribution in [3.05, 3.63) is 33.9 Å². The number of carbonyl (C=O) groups excluding carboxylic acids is 2. The number of methoxy groups -OCH3 is 1. The van der Waals surface area contributed by atoms with Crippen molar-refractivity contribution in [1.29, 1.82) is 0 Å². The molecule has 124 valence electrons. The molecule has 9 heteroatoms. The fraction of sp³-hybridized carbons (Fsp3) is 0.357. The number of hydrogen-bond donors (Lipinski definition) is 1. The first-order valence-electron chi connectivity index (χ1n) is 6.59. The third-order valence-corrected chi connectivity index (χ3v) is 3.01. The van der Waals surface area contributed by atoms with Crippen LogP contribution in [0.5, 0.6) is 5.75 Å². The van der Waals surface area contributed by atoms with Crippen LogP contribution in [0.2, 0.25) is 0 Å². The molecule has 0 heterocycles. The normalized spacial score (nSPS) is 11.4. The monoisotopic (exact) mass is 325 g/mol. The van der Waals surface area contributed by atoms with Gasteiger partial charge in [0.05, 0.1) is 23.5 Å². The van der Waals surface area contributed by atoms with Gasteiger partial charge in [-0.1, -0.05) is 13.0 Å². The summed E-state index contributed by atoms with van der Waals surface area (Å²) in [4.78, 5) is 44.3. The van der Waals surface area contributed by atoms with Crippen molar-refractivity contribution >= 4 is 23.6 Å². The van der Waals surface area contributed by atoms with Crippen molar-refractivity contribution < 1.29 is 33.9 Å². The van der Waals surface area contributed by atoms with Gasteiger partial charge in [-0.25, -0.2) is 0 Å². The lowest BCUT2D eigenvalue weighted by molar-refractivity contribution is -0.385. The highest BCUT2D eigenvalue weighted by Crippen LogP contribution is 2.37. The van der Waals surface area contributed by atoms with E-state index in [1.165, 1.54) is 25.3 Å². The summed E-state index contributed by atoms with van der Waals surface area (Å²) in [5.41, 5.74) is -0.366. The molecule has 0 saturated heterocycles. The van der Waals surface area contributed by atoms with E-state index in [9.17, 15) is 24.5 Å². The number of carboxylic acid groups (broad SMARTS) is 1. The van der Waals surface area contributed by atoms with E-state index in [2.05, 4.69) is 4.74 Å². The van der Waals surface area contributed by atoms with Crippen LogP contribution in [0, 0.1) is 10.1 Å². The molecule has 23 heavy (non-hydrogen) atoms. The predicted molar refractivity (Wildman–Crippen MR) is 76.0 cm³/mol. The van der Waals surface area contributed by atoms with Gasteiger partial charge in [0.1, 0.15) is 12.2 Å². The van der Waals surface area contributed by atoms with Crippen LogP contribution in [0.1, 0.15) is 31.2 Å². The molecule has 0 fully saturated rings. The van der Waals surface area contributed by atoms with Gasteiger partial charge in [0.25, 0.3) is 5.69 Å². The lowest BCUT2D eigenvalue weighted by Crippen LogP contribution is -2.22. The predicted octanol–water partition coefficient (Wildman–Crippen LogP) is 1.64. The largest absolute Gasteiger partial charge is 0.496 e. The van der Waals surface area contributed by atoms with Gasteiger partial charge in [-0.15, -0.1) is 0 Å². The van der Waals surface area contributed by atoms with Gasteiger partial charge in [0.2, 0.25) is 0 Å².